The Balaban J connectivity index is 1.77. The van der Waals surface area contributed by atoms with Gasteiger partial charge >= 0.3 is 0 Å². The summed E-state index contributed by atoms with van der Waals surface area (Å²) in [4.78, 5) is 23.9. The van der Waals surface area contributed by atoms with Crippen molar-refractivity contribution in [3.63, 3.8) is 0 Å². The van der Waals surface area contributed by atoms with Crippen LogP contribution in [0.3, 0.4) is 0 Å². The summed E-state index contributed by atoms with van der Waals surface area (Å²) in [5.41, 5.74) is 0.0882. The van der Waals surface area contributed by atoms with Crippen molar-refractivity contribution in [2.24, 2.45) is 0 Å². The predicted octanol–water partition coefficient (Wildman–Crippen LogP) is 0.105. The van der Waals surface area contributed by atoms with Gasteiger partial charge < -0.3 is 9.30 Å². The van der Waals surface area contributed by atoms with Crippen LogP contribution in [0.2, 0.25) is 5.28 Å². The highest BCUT2D eigenvalue weighted by Crippen LogP contribution is 2.08. The van der Waals surface area contributed by atoms with Crippen molar-refractivity contribution in [3.8, 4) is 0 Å². The molecule has 2 aromatic heterocycles. The van der Waals surface area contributed by atoms with E-state index in [-0.39, 0.29) is 29.5 Å². The molecule has 7 nitrogen and oxygen atoms in total. The van der Waals surface area contributed by atoms with Crippen molar-refractivity contribution in [2.45, 2.75) is 6.54 Å². The Hall–Kier alpha value is -1.44. The lowest BCUT2D eigenvalue weighted by molar-refractivity contribution is 0.0365. The van der Waals surface area contributed by atoms with Gasteiger partial charge in [0.2, 0.25) is 5.28 Å². The molecule has 3 rings (SSSR count). The molecule has 1 fully saturated rings. The molecule has 1 saturated heterocycles. The second kappa shape index (κ2) is 5.28. The van der Waals surface area contributed by atoms with Crippen LogP contribution < -0.4 is 5.56 Å². The highest BCUT2D eigenvalue weighted by molar-refractivity contribution is 6.28. The Morgan fingerprint density at radius 2 is 2.26 bits per heavy atom. The van der Waals surface area contributed by atoms with Crippen LogP contribution in [-0.4, -0.2) is 57.2 Å². The largest absolute Gasteiger partial charge is 0.379 e. The van der Waals surface area contributed by atoms with Crippen LogP contribution in [0.4, 0.5) is 0 Å². The van der Waals surface area contributed by atoms with Crippen LogP contribution in [0, 0.1) is 0 Å². The lowest BCUT2D eigenvalue weighted by Crippen LogP contribution is -2.38. The number of morpholine rings is 1. The average molecular weight is 288 g/mol. The van der Waals surface area contributed by atoms with E-state index in [1.165, 1.54) is 6.33 Å². The van der Waals surface area contributed by atoms with E-state index in [1.54, 1.807) is 9.47 Å². The van der Waals surface area contributed by atoms with Gasteiger partial charge in [-0.3, -0.25) is 14.7 Å². The normalized spacial score (nSPS) is 25.5. The molecule has 0 amide bonds. The number of hydrogen-bond acceptors (Lipinski definition) is 5. The van der Waals surface area contributed by atoms with Gasteiger partial charge in [-0.2, -0.15) is 4.98 Å². The molecule has 8 heteroatoms. The summed E-state index contributed by atoms with van der Waals surface area (Å²) < 4.78 is 36.8. The van der Waals surface area contributed by atoms with E-state index in [1.807, 2.05) is 0 Å². The third-order valence-corrected chi connectivity index (χ3v) is 3.01. The van der Waals surface area contributed by atoms with Gasteiger partial charge in [-0.05, 0) is 11.6 Å². The molecule has 1 N–H and O–H groups in total. The maximum Gasteiger partial charge on any atom is 0.278 e. The number of H-pyrrole nitrogens is 1. The third kappa shape index (κ3) is 2.63. The second-order valence-electron chi connectivity index (χ2n) is 4.07. The Bertz CT molecular complexity index is 776. The summed E-state index contributed by atoms with van der Waals surface area (Å²) in [5, 5.41) is -0.0395. The first-order chi connectivity index (χ1) is 10.7. The number of hydrogen-bond donors (Lipinski definition) is 1. The van der Waals surface area contributed by atoms with Crippen molar-refractivity contribution in [1.82, 2.24) is 24.4 Å². The Morgan fingerprint density at radius 1 is 1.47 bits per heavy atom. The first kappa shape index (κ1) is 8.68. The number of nitrogens with zero attached hydrogens (tertiary/aromatic N) is 4. The van der Waals surface area contributed by atoms with Crippen LogP contribution in [-0.2, 0) is 11.3 Å². The molecule has 2 aromatic rings. The molecule has 0 unspecified atom stereocenters. The molecule has 0 saturated carbocycles. The van der Waals surface area contributed by atoms with E-state index < -0.39 is 18.7 Å². The fourth-order valence-corrected chi connectivity index (χ4v) is 2.06. The first-order valence-electron chi connectivity index (χ1n) is 7.68. The number of aromatic nitrogens is 4. The summed E-state index contributed by atoms with van der Waals surface area (Å²) in [6.07, 6.45) is 1.45. The van der Waals surface area contributed by atoms with Gasteiger partial charge in [0.1, 0.15) is 0 Å². The zero-order chi connectivity index (χ0) is 16.8. The number of halogens is 1. The molecule has 0 aliphatic carbocycles. The van der Waals surface area contributed by atoms with Crippen LogP contribution in [0.5, 0.6) is 0 Å². The van der Waals surface area contributed by atoms with Crippen LogP contribution in [0.15, 0.2) is 11.1 Å². The molecule has 0 bridgehead atoms. The molecular weight excluding hydrogens is 270 g/mol. The summed E-state index contributed by atoms with van der Waals surface area (Å²) in [7, 11) is 0. The van der Waals surface area contributed by atoms with Crippen molar-refractivity contribution < 1.29 is 10.2 Å². The number of ether oxygens (including phenoxy) is 1. The molecule has 0 spiro atoms. The SMILES string of the molecule is [2H]C1([2H])CN(CCn2cnc3nc(Cl)[nH]c(=O)c32)CC([2H])([2H])O1. The highest BCUT2D eigenvalue weighted by atomic mass is 35.5. The molecule has 3 heterocycles. The van der Waals surface area contributed by atoms with Crippen molar-refractivity contribution in [1.29, 1.82) is 0 Å². The molecule has 19 heavy (non-hydrogen) atoms. The predicted molar refractivity (Wildman–Crippen MR) is 70.4 cm³/mol. The third-order valence-electron chi connectivity index (χ3n) is 2.83. The van der Waals surface area contributed by atoms with Gasteiger partial charge in [0.05, 0.1) is 24.9 Å². The van der Waals surface area contributed by atoms with Crippen molar-refractivity contribution in [2.75, 3.05) is 32.8 Å². The smallest absolute Gasteiger partial charge is 0.278 e. The maximum atomic E-state index is 11.9. The van der Waals surface area contributed by atoms with Gasteiger partial charge in [-0.1, -0.05) is 0 Å². The lowest BCUT2D eigenvalue weighted by atomic mass is 10.4. The van der Waals surface area contributed by atoms with Gasteiger partial charge in [-0.25, -0.2) is 4.98 Å². The maximum absolute atomic E-state index is 11.9. The summed E-state index contributed by atoms with van der Waals surface area (Å²) in [6, 6.07) is 0. The Labute approximate surface area is 119 Å². The van der Waals surface area contributed by atoms with Crippen LogP contribution in [0.25, 0.3) is 11.2 Å². The van der Waals surface area contributed by atoms with Gasteiger partial charge in [-0.15, -0.1) is 0 Å². The lowest BCUT2D eigenvalue weighted by Gasteiger charge is -2.26. The average Bonchev–Trinajstić information content (AvgIpc) is 2.75. The van der Waals surface area contributed by atoms with Crippen LogP contribution >= 0.6 is 11.6 Å². The molecule has 1 aliphatic rings. The van der Waals surface area contributed by atoms with E-state index in [2.05, 4.69) is 15.0 Å². The van der Waals surface area contributed by atoms with Gasteiger partial charge in [0, 0.05) is 26.2 Å². The number of fused-ring (bicyclic) bond motifs is 1. The minimum Gasteiger partial charge on any atom is -0.379 e. The molecule has 0 radical (unpaired) electrons. The Kier molecular flexibility index (Phi) is 2.41. The number of rotatable bonds is 3. The number of aromatic amines is 1. The first-order valence-corrected chi connectivity index (χ1v) is 6.06. The van der Waals surface area contributed by atoms with E-state index in [0.717, 1.165) is 0 Å². The Morgan fingerprint density at radius 3 is 3.05 bits per heavy atom. The zero-order valence-electron chi connectivity index (χ0n) is 13.9. The zero-order valence-corrected chi connectivity index (χ0v) is 10.6. The van der Waals surface area contributed by atoms with E-state index >= 15 is 0 Å². The number of nitrogens with one attached hydrogen (secondary N) is 1. The topological polar surface area (TPSA) is 76.0 Å². The molecular formula is C11H14ClN5O2. The second-order valence-corrected chi connectivity index (χ2v) is 4.43. The van der Waals surface area contributed by atoms with Crippen LogP contribution in [0.1, 0.15) is 5.48 Å². The van der Waals surface area contributed by atoms with Crippen molar-refractivity contribution in [3.05, 3.63) is 22.0 Å². The minimum atomic E-state index is -2.06. The van der Waals surface area contributed by atoms with Crippen molar-refractivity contribution >= 4 is 22.8 Å². The molecule has 0 aromatic carbocycles. The summed E-state index contributed by atoms with van der Waals surface area (Å²) in [5.74, 6) is 0. The standard InChI is InChI=1S/C11H14ClN5O2/c12-11-14-9-8(10(18)15-11)17(7-13-9)2-1-16-3-5-19-6-4-16/h7H,1-6H2,(H,14,15,18)/i5D2,6D2. The van der Waals surface area contributed by atoms with E-state index in [0.29, 0.717) is 13.1 Å². The summed E-state index contributed by atoms with van der Waals surface area (Å²) in [6.45, 7) is -3.58. The van der Waals surface area contributed by atoms with E-state index in [9.17, 15) is 4.79 Å². The molecule has 1 aliphatic heterocycles. The fraction of sp³-hybridized carbons (Fsp3) is 0.545. The fourth-order valence-electron chi connectivity index (χ4n) is 1.89. The highest BCUT2D eigenvalue weighted by Gasteiger charge is 2.13. The van der Waals surface area contributed by atoms with E-state index in [4.69, 9.17) is 21.8 Å². The quantitative estimate of drug-likeness (QED) is 0.811. The summed E-state index contributed by atoms with van der Waals surface area (Å²) >= 11 is 5.67. The minimum absolute atomic E-state index is 0.0395. The number of imidazole rings is 1. The monoisotopic (exact) mass is 287 g/mol. The molecule has 0 atom stereocenters. The molecule has 102 valence electrons. The van der Waals surface area contributed by atoms with Gasteiger partial charge in [0.25, 0.3) is 5.56 Å². The van der Waals surface area contributed by atoms with Gasteiger partial charge in [0.15, 0.2) is 11.2 Å².